The molecule has 0 unspecified atom stereocenters. The van der Waals surface area contributed by atoms with Crippen molar-refractivity contribution >= 4 is 5.91 Å². The van der Waals surface area contributed by atoms with Gasteiger partial charge >= 0.3 is 6.18 Å². The van der Waals surface area contributed by atoms with Crippen molar-refractivity contribution in [1.29, 1.82) is 0 Å². The minimum atomic E-state index is -4.73. The van der Waals surface area contributed by atoms with Crippen LogP contribution in [0.2, 0.25) is 0 Å². The van der Waals surface area contributed by atoms with E-state index in [0.29, 0.717) is 0 Å². The Morgan fingerprint density at radius 3 is 2.18 bits per heavy atom. The fourth-order valence-electron chi connectivity index (χ4n) is 1.20. The highest BCUT2D eigenvalue weighted by molar-refractivity contribution is 5.92. The zero-order valence-electron chi connectivity index (χ0n) is 9.77. The molecule has 1 aliphatic rings. The quantitative estimate of drug-likeness (QED) is 0.774. The number of rotatable bonds is 1. The molecule has 0 saturated carbocycles. The Hall–Kier alpha value is -1.40. The van der Waals surface area contributed by atoms with Crippen molar-refractivity contribution in [3.63, 3.8) is 0 Å². The first-order valence-electron chi connectivity index (χ1n) is 5.01. The van der Waals surface area contributed by atoms with Crippen molar-refractivity contribution in [2.45, 2.75) is 32.5 Å². The largest absolute Gasteiger partial charge is 0.483 e. The predicted octanol–water partition coefficient (Wildman–Crippen LogP) is 1.72. The molecule has 0 spiro atoms. The molecule has 17 heavy (non-hydrogen) atoms. The molecular formula is C10H14F3NO3. The lowest BCUT2D eigenvalue weighted by molar-refractivity contribution is -0.152. The van der Waals surface area contributed by atoms with Crippen LogP contribution in [0, 0.1) is 0 Å². The monoisotopic (exact) mass is 253 g/mol. The van der Waals surface area contributed by atoms with Gasteiger partial charge in [0.1, 0.15) is 13.2 Å². The number of alkyl halides is 3. The zero-order valence-corrected chi connectivity index (χ0v) is 9.77. The van der Waals surface area contributed by atoms with Crippen molar-refractivity contribution in [2.75, 3.05) is 13.2 Å². The smallest absolute Gasteiger partial charge is 0.453 e. The van der Waals surface area contributed by atoms with Crippen LogP contribution in [0.1, 0.15) is 20.8 Å². The molecule has 7 heteroatoms. The average molecular weight is 253 g/mol. The fraction of sp³-hybridized carbons (Fsp3) is 0.700. The molecule has 98 valence electrons. The maximum absolute atomic E-state index is 12.5. The van der Waals surface area contributed by atoms with E-state index in [1.54, 1.807) is 20.8 Å². The Morgan fingerprint density at radius 1 is 1.18 bits per heavy atom. The Morgan fingerprint density at radius 2 is 1.71 bits per heavy atom. The van der Waals surface area contributed by atoms with Gasteiger partial charge in [-0.05, 0) is 20.8 Å². The van der Waals surface area contributed by atoms with Crippen LogP contribution < -0.4 is 5.32 Å². The second-order valence-electron chi connectivity index (χ2n) is 4.56. The molecule has 1 rings (SSSR count). The minimum absolute atomic E-state index is 0.0769. The highest BCUT2D eigenvalue weighted by atomic mass is 19.4. The summed E-state index contributed by atoms with van der Waals surface area (Å²) in [6.07, 6.45) is -4.73. The molecule has 0 aromatic rings. The number of nitrogens with one attached hydrogen (secondary N) is 1. The van der Waals surface area contributed by atoms with Crippen LogP contribution in [-0.4, -0.2) is 30.8 Å². The van der Waals surface area contributed by atoms with E-state index in [2.05, 4.69) is 10.1 Å². The molecule has 0 atom stereocenters. The predicted molar refractivity (Wildman–Crippen MR) is 52.9 cm³/mol. The average Bonchev–Trinajstić information content (AvgIpc) is 2.13. The summed E-state index contributed by atoms with van der Waals surface area (Å²) in [7, 11) is 0. The molecular weight excluding hydrogens is 239 g/mol. The van der Waals surface area contributed by atoms with Crippen molar-refractivity contribution in [3.8, 4) is 0 Å². The van der Waals surface area contributed by atoms with Gasteiger partial charge in [0.05, 0.1) is 0 Å². The molecule has 1 N–H and O–H groups in total. The number of amides is 1. The molecule has 0 bridgehead atoms. The van der Waals surface area contributed by atoms with E-state index in [0.717, 1.165) is 0 Å². The maximum Gasteiger partial charge on any atom is 0.453 e. The highest BCUT2D eigenvalue weighted by Crippen LogP contribution is 2.31. The van der Waals surface area contributed by atoms with E-state index in [-0.39, 0.29) is 13.2 Å². The standard InChI is InChI=1S/C10H14F3NO3/c1-9(2,3)14-8(15)6-7(10(11,12)13)17-5-4-16-6/h4-5H2,1-3H3,(H,14,15). The second kappa shape index (κ2) is 4.46. The Labute approximate surface area is 96.8 Å². The minimum Gasteiger partial charge on any atom is -0.483 e. The van der Waals surface area contributed by atoms with Gasteiger partial charge < -0.3 is 14.8 Å². The lowest BCUT2D eigenvalue weighted by Gasteiger charge is -2.26. The van der Waals surface area contributed by atoms with Gasteiger partial charge in [0.2, 0.25) is 11.5 Å². The van der Waals surface area contributed by atoms with Crippen LogP contribution in [0.3, 0.4) is 0 Å². The van der Waals surface area contributed by atoms with E-state index in [1.165, 1.54) is 0 Å². The molecule has 4 nitrogen and oxygen atoms in total. The molecule has 1 amide bonds. The summed E-state index contributed by atoms with van der Waals surface area (Å²) in [5, 5.41) is 2.39. The molecule has 0 fully saturated rings. The number of halogens is 3. The van der Waals surface area contributed by atoms with Crippen LogP contribution in [0.15, 0.2) is 11.5 Å². The van der Waals surface area contributed by atoms with E-state index < -0.39 is 29.1 Å². The van der Waals surface area contributed by atoms with Crippen molar-refractivity contribution in [1.82, 2.24) is 5.32 Å². The summed E-state index contributed by atoms with van der Waals surface area (Å²) in [6, 6.07) is 0. The van der Waals surface area contributed by atoms with Gasteiger partial charge in [0.15, 0.2) is 0 Å². The third-order valence-corrected chi connectivity index (χ3v) is 1.73. The van der Waals surface area contributed by atoms with Crippen LogP contribution in [-0.2, 0) is 14.3 Å². The Balaban J connectivity index is 2.98. The molecule has 1 aliphatic heterocycles. The van der Waals surface area contributed by atoms with Gasteiger partial charge in [-0.15, -0.1) is 0 Å². The molecule has 0 aliphatic carbocycles. The normalized spacial score (nSPS) is 17.3. The number of hydrogen-bond acceptors (Lipinski definition) is 3. The summed E-state index contributed by atoms with van der Waals surface area (Å²) in [5.74, 6) is -3.10. The van der Waals surface area contributed by atoms with Crippen LogP contribution in [0.25, 0.3) is 0 Å². The lowest BCUT2D eigenvalue weighted by atomic mass is 10.1. The van der Waals surface area contributed by atoms with Gasteiger partial charge in [-0.2, -0.15) is 13.2 Å². The van der Waals surface area contributed by atoms with E-state index in [1.807, 2.05) is 0 Å². The Bertz CT molecular complexity index is 342. The third kappa shape index (κ3) is 3.83. The van der Waals surface area contributed by atoms with Gasteiger partial charge in [0.25, 0.3) is 5.91 Å². The van der Waals surface area contributed by atoms with Gasteiger partial charge in [-0.3, -0.25) is 4.79 Å². The summed E-state index contributed by atoms with van der Waals surface area (Å²) < 4.78 is 46.8. The van der Waals surface area contributed by atoms with E-state index >= 15 is 0 Å². The van der Waals surface area contributed by atoms with Gasteiger partial charge in [-0.25, -0.2) is 0 Å². The van der Waals surface area contributed by atoms with Crippen molar-refractivity contribution < 1.29 is 27.4 Å². The number of carbonyl (C=O) groups is 1. The molecule has 0 aromatic carbocycles. The van der Waals surface area contributed by atoms with Crippen LogP contribution in [0.5, 0.6) is 0 Å². The van der Waals surface area contributed by atoms with Gasteiger partial charge in [0, 0.05) is 5.54 Å². The number of hydrogen-bond donors (Lipinski definition) is 1. The summed E-state index contributed by atoms with van der Waals surface area (Å²) >= 11 is 0. The lowest BCUT2D eigenvalue weighted by Crippen LogP contribution is -2.43. The zero-order chi connectivity index (χ0) is 13.3. The Kier molecular flexibility index (Phi) is 3.59. The second-order valence-corrected chi connectivity index (χ2v) is 4.56. The summed E-state index contributed by atoms with van der Waals surface area (Å²) in [6.45, 7) is 4.67. The topological polar surface area (TPSA) is 47.6 Å². The SMILES string of the molecule is CC(C)(C)NC(=O)C1=C(C(F)(F)F)OCCO1. The molecule has 1 heterocycles. The molecule has 0 saturated heterocycles. The van der Waals surface area contributed by atoms with Crippen LogP contribution >= 0.6 is 0 Å². The number of carbonyl (C=O) groups excluding carboxylic acids is 1. The third-order valence-electron chi connectivity index (χ3n) is 1.73. The first-order valence-corrected chi connectivity index (χ1v) is 5.01. The highest BCUT2D eigenvalue weighted by Gasteiger charge is 2.43. The number of ether oxygens (including phenoxy) is 2. The van der Waals surface area contributed by atoms with Crippen LogP contribution in [0.4, 0.5) is 13.2 Å². The van der Waals surface area contributed by atoms with E-state index in [4.69, 9.17) is 4.74 Å². The summed E-state index contributed by atoms with van der Waals surface area (Å²) in [4.78, 5) is 11.6. The van der Waals surface area contributed by atoms with Crippen molar-refractivity contribution in [2.24, 2.45) is 0 Å². The summed E-state index contributed by atoms with van der Waals surface area (Å²) in [5.41, 5.74) is -0.651. The molecule has 0 aromatic heterocycles. The van der Waals surface area contributed by atoms with E-state index in [9.17, 15) is 18.0 Å². The van der Waals surface area contributed by atoms with Crippen molar-refractivity contribution in [3.05, 3.63) is 11.5 Å². The fourth-order valence-corrected chi connectivity index (χ4v) is 1.20. The first kappa shape index (κ1) is 13.7. The number of allylic oxidation sites excluding steroid dienone is 1. The molecule has 0 radical (unpaired) electrons. The first-order chi connectivity index (χ1) is 7.61. The maximum atomic E-state index is 12.5. The van der Waals surface area contributed by atoms with Gasteiger partial charge in [-0.1, -0.05) is 0 Å².